The first-order valence-electron chi connectivity index (χ1n) is 6.70. The lowest BCUT2D eigenvalue weighted by Gasteiger charge is -2.34. The molecule has 1 rings (SSSR count). The van der Waals surface area contributed by atoms with E-state index < -0.39 is 23.1 Å². The Morgan fingerprint density at radius 2 is 1.80 bits per heavy atom. The summed E-state index contributed by atoms with van der Waals surface area (Å²) in [6.07, 6.45) is 0. The van der Waals surface area contributed by atoms with Gasteiger partial charge in [-0.3, -0.25) is 4.79 Å². The van der Waals surface area contributed by atoms with Crippen molar-refractivity contribution in [2.45, 2.75) is 38.9 Å². The second-order valence-corrected chi connectivity index (χ2v) is 5.98. The van der Waals surface area contributed by atoms with Crippen LogP contribution in [0.5, 0.6) is 0 Å². The van der Waals surface area contributed by atoms with Crippen LogP contribution in [0.4, 0.5) is 0 Å². The maximum atomic E-state index is 12.2. The highest BCUT2D eigenvalue weighted by Crippen LogP contribution is 2.31. The molecule has 0 saturated heterocycles. The molecule has 2 unspecified atom stereocenters. The van der Waals surface area contributed by atoms with Crippen molar-refractivity contribution in [2.24, 2.45) is 5.92 Å². The molecule has 2 atom stereocenters. The number of carbonyl (C=O) groups excluding carboxylic acids is 1. The molecule has 0 bridgehead atoms. The molecule has 0 fully saturated rings. The van der Waals surface area contributed by atoms with Gasteiger partial charge in [0.1, 0.15) is 11.2 Å². The van der Waals surface area contributed by atoms with E-state index in [1.165, 1.54) is 7.11 Å². The van der Waals surface area contributed by atoms with E-state index in [0.29, 0.717) is 5.56 Å². The van der Waals surface area contributed by atoms with Gasteiger partial charge in [0.25, 0.3) is 0 Å². The largest absolute Gasteiger partial charge is 0.460 e. The lowest BCUT2D eigenvalue weighted by atomic mass is 9.83. The van der Waals surface area contributed by atoms with Crippen molar-refractivity contribution in [1.29, 1.82) is 0 Å². The molecule has 0 radical (unpaired) electrons. The first kappa shape index (κ1) is 16.7. The molecule has 0 aromatic heterocycles. The SMILES string of the molecule is COCC(O)(c1ccccc1)C(C)C(=O)OC(C)(C)C. The van der Waals surface area contributed by atoms with Crippen molar-refractivity contribution < 1.29 is 19.4 Å². The van der Waals surface area contributed by atoms with Gasteiger partial charge in [-0.15, -0.1) is 0 Å². The van der Waals surface area contributed by atoms with E-state index >= 15 is 0 Å². The summed E-state index contributed by atoms with van der Waals surface area (Å²) in [5.74, 6) is -1.18. The molecule has 4 nitrogen and oxygen atoms in total. The fourth-order valence-corrected chi connectivity index (χ4v) is 1.99. The number of benzene rings is 1. The number of hydrogen-bond acceptors (Lipinski definition) is 4. The van der Waals surface area contributed by atoms with Crippen LogP contribution in [0.25, 0.3) is 0 Å². The maximum Gasteiger partial charge on any atom is 0.312 e. The van der Waals surface area contributed by atoms with E-state index in [-0.39, 0.29) is 6.61 Å². The summed E-state index contributed by atoms with van der Waals surface area (Å²) in [6, 6.07) is 9.05. The second kappa shape index (κ2) is 6.37. The average molecular weight is 280 g/mol. The summed E-state index contributed by atoms with van der Waals surface area (Å²) in [5, 5.41) is 10.9. The van der Waals surface area contributed by atoms with Crippen molar-refractivity contribution >= 4 is 5.97 Å². The number of ether oxygens (including phenoxy) is 2. The minimum atomic E-state index is -1.40. The summed E-state index contributed by atoms with van der Waals surface area (Å²) < 4.78 is 10.5. The Morgan fingerprint density at radius 1 is 1.25 bits per heavy atom. The minimum Gasteiger partial charge on any atom is -0.460 e. The molecule has 4 heteroatoms. The van der Waals surface area contributed by atoms with Gasteiger partial charge in [-0.25, -0.2) is 0 Å². The van der Waals surface area contributed by atoms with Crippen LogP contribution in [0.3, 0.4) is 0 Å². The highest BCUT2D eigenvalue weighted by atomic mass is 16.6. The number of esters is 1. The van der Waals surface area contributed by atoms with Gasteiger partial charge < -0.3 is 14.6 Å². The number of aliphatic hydroxyl groups is 1. The average Bonchev–Trinajstić information content (AvgIpc) is 2.37. The lowest BCUT2D eigenvalue weighted by molar-refractivity contribution is -0.173. The van der Waals surface area contributed by atoms with Gasteiger partial charge in [0.15, 0.2) is 0 Å². The number of methoxy groups -OCH3 is 1. The Labute approximate surface area is 120 Å². The quantitative estimate of drug-likeness (QED) is 0.842. The van der Waals surface area contributed by atoms with E-state index in [4.69, 9.17) is 9.47 Å². The van der Waals surface area contributed by atoms with Crippen molar-refractivity contribution in [2.75, 3.05) is 13.7 Å². The molecule has 0 spiro atoms. The Morgan fingerprint density at radius 3 is 2.25 bits per heavy atom. The van der Waals surface area contributed by atoms with E-state index in [9.17, 15) is 9.90 Å². The topological polar surface area (TPSA) is 55.8 Å². The standard InChI is InChI=1S/C16H24O4/c1-12(14(17)20-15(2,3)4)16(18,11-19-5)13-9-7-6-8-10-13/h6-10,12,18H,11H2,1-5H3. The molecule has 0 saturated carbocycles. The monoisotopic (exact) mass is 280 g/mol. The van der Waals surface area contributed by atoms with Crippen molar-refractivity contribution in [3.8, 4) is 0 Å². The van der Waals surface area contributed by atoms with Crippen LogP contribution < -0.4 is 0 Å². The zero-order chi connectivity index (χ0) is 15.4. The third kappa shape index (κ3) is 4.05. The molecule has 112 valence electrons. The van der Waals surface area contributed by atoms with Crippen LogP contribution in [-0.2, 0) is 19.9 Å². The predicted octanol–water partition coefficient (Wildman–Crippen LogP) is 2.50. The normalized spacial score (nSPS) is 16.3. The summed E-state index contributed by atoms with van der Waals surface area (Å²) >= 11 is 0. The summed E-state index contributed by atoms with van der Waals surface area (Å²) in [7, 11) is 1.50. The molecule has 20 heavy (non-hydrogen) atoms. The first-order valence-corrected chi connectivity index (χ1v) is 6.70. The molecule has 1 aromatic carbocycles. The lowest BCUT2D eigenvalue weighted by Crippen LogP contribution is -2.44. The van der Waals surface area contributed by atoms with E-state index in [1.54, 1.807) is 39.8 Å². The predicted molar refractivity (Wildman–Crippen MR) is 77.2 cm³/mol. The highest BCUT2D eigenvalue weighted by Gasteiger charge is 2.42. The summed E-state index contributed by atoms with van der Waals surface area (Å²) in [6.45, 7) is 7.08. The molecular weight excluding hydrogens is 256 g/mol. The van der Waals surface area contributed by atoms with Gasteiger partial charge in [-0.05, 0) is 33.3 Å². The Balaban J connectivity index is 3.04. The Bertz CT molecular complexity index is 436. The maximum absolute atomic E-state index is 12.2. The van der Waals surface area contributed by atoms with E-state index in [0.717, 1.165) is 0 Å². The molecule has 0 aliphatic heterocycles. The molecular formula is C16H24O4. The third-order valence-corrected chi connectivity index (χ3v) is 3.11. The minimum absolute atomic E-state index is 0.0252. The highest BCUT2D eigenvalue weighted by molar-refractivity contribution is 5.74. The molecule has 0 amide bonds. The van der Waals surface area contributed by atoms with Gasteiger partial charge in [-0.1, -0.05) is 30.3 Å². The molecule has 0 heterocycles. The number of carbonyl (C=O) groups is 1. The van der Waals surface area contributed by atoms with Gasteiger partial charge in [-0.2, -0.15) is 0 Å². The first-order chi connectivity index (χ1) is 9.20. The number of hydrogen-bond donors (Lipinski definition) is 1. The van der Waals surface area contributed by atoms with Crippen LogP contribution in [0.1, 0.15) is 33.3 Å². The zero-order valence-corrected chi connectivity index (χ0v) is 12.8. The van der Waals surface area contributed by atoms with Gasteiger partial charge in [0, 0.05) is 7.11 Å². The fraction of sp³-hybridized carbons (Fsp3) is 0.562. The molecule has 1 N–H and O–H groups in total. The fourth-order valence-electron chi connectivity index (χ4n) is 1.99. The van der Waals surface area contributed by atoms with Crippen LogP contribution in [0.2, 0.25) is 0 Å². The van der Waals surface area contributed by atoms with Crippen molar-refractivity contribution in [3.05, 3.63) is 35.9 Å². The summed E-state index contributed by atoms with van der Waals surface area (Å²) in [4.78, 5) is 12.2. The van der Waals surface area contributed by atoms with Gasteiger partial charge in [0.2, 0.25) is 0 Å². The molecule has 0 aliphatic carbocycles. The Hall–Kier alpha value is -1.39. The molecule has 0 aliphatic rings. The Kier molecular flexibility index (Phi) is 5.31. The van der Waals surface area contributed by atoms with Crippen LogP contribution in [0.15, 0.2) is 30.3 Å². The van der Waals surface area contributed by atoms with Crippen LogP contribution >= 0.6 is 0 Å². The molecule has 1 aromatic rings. The number of rotatable bonds is 5. The van der Waals surface area contributed by atoms with Crippen molar-refractivity contribution in [3.63, 3.8) is 0 Å². The zero-order valence-electron chi connectivity index (χ0n) is 12.8. The van der Waals surface area contributed by atoms with Gasteiger partial charge >= 0.3 is 5.97 Å². The van der Waals surface area contributed by atoms with E-state index in [1.807, 2.05) is 18.2 Å². The van der Waals surface area contributed by atoms with Crippen LogP contribution in [0, 0.1) is 5.92 Å². The van der Waals surface area contributed by atoms with Crippen molar-refractivity contribution in [1.82, 2.24) is 0 Å². The summed E-state index contributed by atoms with van der Waals surface area (Å²) in [5.41, 5.74) is -1.35. The van der Waals surface area contributed by atoms with Gasteiger partial charge in [0.05, 0.1) is 12.5 Å². The second-order valence-electron chi connectivity index (χ2n) is 5.98. The van der Waals surface area contributed by atoms with Crippen LogP contribution in [-0.4, -0.2) is 30.4 Å². The smallest absolute Gasteiger partial charge is 0.312 e. The van der Waals surface area contributed by atoms with E-state index in [2.05, 4.69) is 0 Å². The third-order valence-electron chi connectivity index (χ3n) is 3.11.